The Morgan fingerprint density at radius 3 is 2.46 bits per heavy atom. The van der Waals surface area contributed by atoms with E-state index in [-0.39, 0.29) is 0 Å². The van der Waals surface area contributed by atoms with Gasteiger partial charge in [-0.15, -0.1) is 0 Å². The van der Waals surface area contributed by atoms with E-state index in [1.165, 1.54) is 5.56 Å². The minimum atomic E-state index is 0.731. The van der Waals surface area contributed by atoms with E-state index in [4.69, 9.17) is 16.6 Å². The Morgan fingerprint density at radius 1 is 0.833 bits per heavy atom. The monoisotopic (exact) mass is 332 g/mol. The number of aryl methyl sites for hydroxylation is 2. The fourth-order valence-electron chi connectivity index (χ4n) is 3.04. The number of hydrogen-bond donors (Lipinski definition) is 0. The highest BCUT2D eigenvalue weighted by Gasteiger charge is 2.12. The molecule has 0 aliphatic heterocycles. The van der Waals surface area contributed by atoms with Gasteiger partial charge in [-0.05, 0) is 36.2 Å². The van der Waals surface area contributed by atoms with Crippen LogP contribution >= 0.6 is 11.6 Å². The van der Waals surface area contributed by atoms with Gasteiger partial charge in [0.2, 0.25) is 0 Å². The van der Waals surface area contributed by atoms with Crippen molar-refractivity contribution < 1.29 is 0 Å². The number of hydrogen-bond acceptors (Lipinski definition) is 1. The number of fused-ring (bicyclic) bond motifs is 1. The van der Waals surface area contributed by atoms with Crippen molar-refractivity contribution >= 4 is 22.6 Å². The molecule has 3 aromatic carbocycles. The molecule has 1 aromatic heterocycles. The molecule has 24 heavy (non-hydrogen) atoms. The molecule has 0 aliphatic carbocycles. The van der Waals surface area contributed by atoms with Crippen molar-refractivity contribution in [3.8, 4) is 11.4 Å². The van der Waals surface area contributed by atoms with Gasteiger partial charge in [-0.2, -0.15) is 0 Å². The fraction of sp³-hybridized carbons (Fsp3) is 0.0952. The number of halogens is 1. The maximum Gasteiger partial charge on any atom is 0.141 e. The van der Waals surface area contributed by atoms with Crippen molar-refractivity contribution in [3.63, 3.8) is 0 Å². The summed E-state index contributed by atoms with van der Waals surface area (Å²) in [6.45, 7) is 0.881. The zero-order valence-corrected chi connectivity index (χ0v) is 13.9. The standard InChI is InChI=1S/C21H17ClN2/c22-18-10-6-9-17(15-18)21-23-19-11-4-5-12-20(19)24(21)14-13-16-7-2-1-3-8-16/h1-12,15H,13-14H2. The third-order valence-electron chi connectivity index (χ3n) is 4.20. The lowest BCUT2D eigenvalue weighted by molar-refractivity contribution is 0.723. The first-order valence-electron chi connectivity index (χ1n) is 8.06. The second-order valence-corrected chi connectivity index (χ2v) is 6.26. The van der Waals surface area contributed by atoms with Crippen LogP contribution in [0.3, 0.4) is 0 Å². The second-order valence-electron chi connectivity index (χ2n) is 5.82. The highest BCUT2D eigenvalue weighted by molar-refractivity contribution is 6.30. The molecule has 0 amide bonds. The van der Waals surface area contributed by atoms with E-state index in [9.17, 15) is 0 Å². The van der Waals surface area contributed by atoms with Gasteiger partial charge in [0.1, 0.15) is 5.82 Å². The molecule has 0 bridgehead atoms. The molecule has 0 saturated carbocycles. The van der Waals surface area contributed by atoms with Crippen LogP contribution in [0.4, 0.5) is 0 Å². The average Bonchev–Trinajstić information content (AvgIpc) is 2.99. The number of benzene rings is 3. The van der Waals surface area contributed by atoms with Crippen molar-refractivity contribution in [2.24, 2.45) is 0 Å². The van der Waals surface area contributed by atoms with Crippen LogP contribution < -0.4 is 0 Å². The van der Waals surface area contributed by atoms with Gasteiger partial charge < -0.3 is 4.57 Å². The van der Waals surface area contributed by atoms with E-state index in [1.54, 1.807) is 0 Å². The topological polar surface area (TPSA) is 17.8 Å². The van der Waals surface area contributed by atoms with Crippen LogP contribution in [-0.4, -0.2) is 9.55 Å². The van der Waals surface area contributed by atoms with Crippen LogP contribution in [0.5, 0.6) is 0 Å². The molecule has 0 atom stereocenters. The molecular formula is C21H17ClN2. The zero-order chi connectivity index (χ0) is 16.4. The normalized spacial score (nSPS) is 11.0. The molecule has 4 rings (SSSR count). The molecule has 118 valence electrons. The Labute approximate surface area is 146 Å². The predicted octanol–water partition coefficient (Wildman–Crippen LogP) is 5.60. The van der Waals surface area contributed by atoms with Gasteiger partial charge >= 0.3 is 0 Å². The van der Waals surface area contributed by atoms with E-state index in [2.05, 4.69) is 53.1 Å². The molecule has 0 N–H and O–H groups in total. The molecule has 0 spiro atoms. The zero-order valence-electron chi connectivity index (χ0n) is 13.2. The molecule has 0 saturated heterocycles. The van der Waals surface area contributed by atoms with Crippen molar-refractivity contribution in [3.05, 3.63) is 89.4 Å². The van der Waals surface area contributed by atoms with E-state index < -0.39 is 0 Å². The predicted molar refractivity (Wildman–Crippen MR) is 100 cm³/mol. The van der Waals surface area contributed by atoms with Gasteiger partial charge in [-0.1, -0.05) is 66.2 Å². The van der Waals surface area contributed by atoms with Crippen molar-refractivity contribution in [2.45, 2.75) is 13.0 Å². The fourth-order valence-corrected chi connectivity index (χ4v) is 3.23. The van der Waals surface area contributed by atoms with Gasteiger partial charge in [0.25, 0.3) is 0 Å². The van der Waals surface area contributed by atoms with Crippen molar-refractivity contribution in [2.75, 3.05) is 0 Å². The summed E-state index contributed by atoms with van der Waals surface area (Å²) in [5, 5.41) is 0.731. The molecule has 3 heteroatoms. The lowest BCUT2D eigenvalue weighted by atomic mass is 10.1. The Bertz CT molecular complexity index is 973. The summed E-state index contributed by atoms with van der Waals surface area (Å²) < 4.78 is 2.29. The van der Waals surface area contributed by atoms with Crippen LogP contribution in [0, 0.1) is 0 Å². The smallest absolute Gasteiger partial charge is 0.141 e. The minimum Gasteiger partial charge on any atom is -0.324 e. The molecule has 0 radical (unpaired) electrons. The third-order valence-corrected chi connectivity index (χ3v) is 4.44. The summed E-state index contributed by atoms with van der Waals surface area (Å²) in [7, 11) is 0. The molecule has 1 heterocycles. The first-order chi connectivity index (χ1) is 11.8. The molecule has 0 unspecified atom stereocenters. The maximum atomic E-state index is 6.18. The first-order valence-corrected chi connectivity index (χ1v) is 8.44. The number of nitrogens with zero attached hydrogens (tertiary/aromatic N) is 2. The van der Waals surface area contributed by atoms with E-state index in [1.807, 2.05) is 30.3 Å². The Morgan fingerprint density at radius 2 is 1.62 bits per heavy atom. The summed E-state index contributed by atoms with van der Waals surface area (Å²) in [5.41, 5.74) is 4.54. The lowest BCUT2D eigenvalue weighted by Crippen LogP contribution is -2.03. The van der Waals surface area contributed by atoms with Crippen LogP contribution in [0.1, 0.15) is 5.56 Å². The van der Waals surface area contributed by atoms with Crippen LogP contribution in [-0.2, 0) is 13.0 Å². The summed E-state index contributed by atoms with van der Waals surface area (Å²) in [6, 6.07) is 26.7. The quantitative estimate of drug-likeness (QED) is 0.475. The van der Waals surface area contributed by atoms with E-state index in [0.717, 1.165) is 40.4 Å². The number of imidazole rings is 1. The van der Waals surface area contributed by atoms with Gasteiger partial charge in [0.05, 0.1) is 11.0 Å². The maximum absolute atomic E-state index is 6.18. The SMILES string of the molecule is Clc1cccc(-c2nc3ccccc3n2CCc2ccccc2)c1. The van der Waals surface area contributed by atoms with Crippen LogP contribution in [0.25, 0.3) is 22.4 Å². The number of rotatable bonds is 4. The summed E-state index contributed by atoms with van der Waals surface area (Å²) in [6.07, 6.45) is 0.967. The Kier molecular flexibility index (Phi) is 4.06. The van der Waals surface area contributed by atoms with Crippen LogP contribution in [0.15, 0.2) is 78.9 Å². The molecule has 0 fully saturated rings. The van der Waals surface area contributed by atoms with Crippen molar-refractivity contribution in [1.82, 2.24) is 9.55 Å². The van der Waals surface area contributed by atoms with Crippen LogP contribution in [0.2, 0.25) is 5.02 Å². The lowest BCUT2D eigenvalue weighted by Gasteiger charge is -2.10. The highest BCUT2D eigenvalue weighted by atomic mass is 35.5. The number of aromatic nitrogens is 2. The van der Waals surface area contributed by atoms with Gasteiger partial charge in [0, 0.05) is 17.1 Å². The average molecular weight is 333 g/mol. The Balaban J connectivity index is 1.78. The molecule has 0 aliphatic rings. The van der Waals surface area contributed by atoms with E-state index >= 15 is 0 Å². The van der Waals surface area contributed by atoms with Crippen molar-refractivity contribution in [1.29, 1.82) is 0 Å². The summed E-state index contributed by atoms with van der Waals surface area (Å²) in [5.74, 6) is 0.967. The molecular weight excluding hydrogens is 316 g/mol. The van der Waals surface area contributed by atoms with Gasteiger partial charge in [-0.3, -0.25) is 0 Å². The minimum absolute atomic E-state index is 0.731. The molecule has 4 aromatic rings. The summed E-state index contributed by atoms with van der Waals surface area (Å²) >= 11 is 6.18. The van der Waals surface area contributed by atoms with Gasteiger partial charge in [0.15, 0.2) is 0 Å². The third kappa shape index (κ3) is 2.93. The first kappa shape index (κ1) is 15.0. The largest absolute Gasteiger partial charge is 0.324 e. The Hall–Kier alpha value is -2.58. The summed E-state index contributed by atoms with van der Waals surface area (Å²) in [4.78, 5) is 4.84. The van der Waals surface area contributed by atoms with Gasteiger partial charge in [-0.25, -0.2) is 4.98 Å². The second kappa shape index (κ2) is 6.50. The molecule has 2 nitrogen and oxygen atoms in total. The highest BCUT2D eigenvalue weighted by Crippen LogP contribution is 2.27. The van der Waals surface area contributed by atoms with E-state index in [0.29, 0.717) is 0 Å². The number of para-hydroxylation sites is 2.